The Balaban J connectivity index is 3.04. The molecule has 1 rings (SSSR count). The normalized spacial score (nSPS) is 17.7. The lowest BCUT2D eigenvalue weighted by molar-refractivity contribution is -0.386. The molecule has 3 atom stereocenters. The first kappa shape index (κ1) is 20.9. The maximum atomic E-state index is 11.5. The molecule has 1 aromatic carbocycles. The maximum absolute atomic E-state index is 11.5. The van der Waals surface area contributed by atoms with Gasteiger partial charge in [0.2, 0.25) is 0 Å². The number of nitro benzene ring substituents is 1. The van der Waals surface area contributed by atoms with Crippen molar-refractivity contribution in [1.29, 1.82) is 0 Å². The molecule has 0 amide bonds. The second kappa shape index (κ2) is 8.80. The third-order valence-corrected chi connectivity index (χ3v) is 4.72. The molecule has 1 aromatic rings. The highest BCUT2D eigenvalue weighted by Crippen LogP contribution is 2.46. The van der Waals surface area contributed by atoms with Gasteiger partial charge in [0.05, 0.1) is 23.2 Å². The summed E-state index contributed by atoms with van der Waals surface area (Å²) in [4.78, 5) is 33.0. The fraction of sp³-hybridized carbons (Fsp3) is 0.455. The topological polar surface area (TPSA) is 160 Å². The van der Waals surface area contributed by atoms with Crippen molar-refractivity contribution in [2.45, 2.75) is 12.5 Å². The van der Waals surface area contributed by atoms with Crippen molar-refractivity contribution in [2.24, 2.45) is 0 Å². The fourth-order valence-corrected chi connectivity index (χ4v) is 2.77. The Kier molecular flexibility index (Phi) is 7.65. The smallest absolute Gasteiger partial charge is 0.275 e. The van der Waals surface area contributed by atoms with Gasteiger partial charge < -0.3 is 27.9 Å². The van der Waals surface area contributed by atoms with Gasteiger partial charge >= 0.3 is 0 Å². The maximum Gasteiger partial charge on any atom is 0.275 e. The van der Waals surface area contributed by atoms with E-state index in [1.807, 2.05) is 0 Å². The molecule has 0 heterocycles. The monoisotopic (exact) mass is 383 g/mol. The average Bonchev–Trinajstić information content (AvgIpc) is 2.53. The van der Waals surface area contributed by atoms with Crippen molar-refractivity contribution in [2.75, 3.05) is 20.8 Å². The minimum Gasteiger partial charge on any atom is -0.756 e. The molecule has 0 radical (unpaired) electrons. The van der Waals surface area contributed by atoms with Crippen molar-refractivity contribution in [3.8, 4) is 0 Å². The number of hydrogen-bond acceptors (Lipinski definition) is 10. The van der Waals surface area contributed by atoms with Crippen LogP contribution in [0.4, 0.5) is 5.69 Å². The molecule has 0 fully saturated rings. The van der Waals surface area contributed by atoms with E-state index < -0.39 is 39.0 Å². The number of para-hydroxylation sites is 1. The zero-order valence-corrected chi connectivity index (χ0v) is 14.5. The molecular weight excluding hydrogens is 368 g/mol. The third kappa shape index (κ3) is 6.39. The summed E-state index contributed by atoms with van der Waals surface area (Å²) < 4.78 is 40.2. The lowest BCUT2D eigenvalue weighted by Crippen LogP contribution is -2.15. The highest BCUT2D eigenvalue weighted by molar-refractivity contribution is 7.46. The van der Waals surface area contributed by atoms with Gasteiger partial charge in [0.1, 0.15) is 0 Å². The van der Waals surface area contributed by atoms with Gasteiger partial charge in [-0.1, -0.05) is 12.1 Å². The number of hydrogen-bond donors (Lipinski definition) is 0. The Hall–Kier alpha value is -1.16. The van der Waals surface area contributed by atoms with Crippen LogP contribution in [-0.4, -0.2) is 25.7 Å². The van der Waals surface area contributed by atoms with E-state index >= 15 is 0 Å². The van der Waals surface area contributed by atoms with Gasteiger partial charge in [-0.05, 0) is 6.07 Å². The Morgan fingerprint density at radius 3 is 2.25 bits per heavy atom. The van der Waals surface area contributed by atoms with E-state index in [4.69, 9.17) is 4.52 Å². The fourth-order valence-electron chi connectivity index (χ4n) is 1.71. The van der Waals surface area contributed by atoms with Gasteiger partial charge in [0.15, 0.2) is 0 Å². The minimum atomic E-state index is -4.74. The van der Waals surface area contributed by atoms with Crippen molar-refractivity contribution in [3.63, 3.8) is 0 Å². The number of phosphoric acid groups is 2. The molecule has 13 heteroatoms. The van der Waals surface area contributed by atoms with E-state index in [9.17, 15) is 29.0 Å². The summed E-state index contributed by atoms with van der Waals surface area (Å²) >= 11 is 0. The summed E-state index contributed by atoms with van der Waals surface area (Å²) in [7, 11) is -7.52. The SMILES string of the molecule is COP(=O)([O-])OCCC(OP(=O)([O-])OC)c1ccccc1[N+](=O)[O-]. The summed E-state index contributed by atoms with van der Waals surface area (Å²) in [5, 5.41) is 11.1. The molecule has 0 aliphatic rings. The summed E-state index contributed by atoms with van der Waals surface area (Å²) in [5.41, 5.74) is -0.465. The predicted molar refractivity (Wildman–Crippen MR) is 76.7 cm³/mol. The van der Waals surface area contributed by atoms with Crippen molar-refractivity contribution < 1.29 is 41.9 Å². The summed E-state index contributed by atoms with van der Waals surface area (Å²) in [6, 6.07) is 5.27. The Bertz CT molecular complexity index is 666. The second-order valence-electron chi connectivity index (χ2n) is 4.29. The average molecular weight is 383 g/mol. The van der Waals surface area contributed by atoms with Gasteiger partial charge in [-0.25, -0.2) is 0 Å². The number of nitro groups is 1. The quantitative estimate of drug-likeness (QED) is 0.327. The van der Waals surface area contributed by atoms with Gasteiger partial charge in [-0.3, -0.25) is 19.2 Å². The highest BCUT2D eigenvalue weighted by Gasteiger charge is 2.26. The van der Waals surface area contributed by atoms with Crippen LogP contribution in [-0.2, 0) is 27.2 Å². The molecular formula is C11H15NO10P2-2. The first-order valence-corrected chi connectivity index (χ1v) is 9.34. The van der Waals surface area contributed by atoms with Crippen molar-refractivity contribution in [1.82, 2.24) is 0 Å². The molecule has 0 aromatic heterocycles. The van der Waals surface area contributed by atoms with Gasteiger partial charge in [0, 0.05) is 26.7 Å². The highest BCUT2D eigenvalue weighted by atomic mass is 31.2. The third-order valence-electron chi connectivity index (χ3n) is 2.81. The van der Waals surface area contributed by atoms with Crippen LogP contribution < -0.4 is 9.79 Å². The van der Waals surface area contributed by atoms with Crippen LogP contribution in [0, 0.1) is 10.1 Å². The van der Waals surface area contributed by atoms with Crippen LogP contribution in [0.15, 0.2) is 24.3 Å². The van der Waals surface area contributed by atoms with E-state index in [1.54, 1.807) is 0 Å². The molecule has 0 bridgehead atoms. The van der Waals surface area contributed by atoms with Crippen LogP contribution in [0.3, 0.4) is 0 Å². The minimum absolute atomic E-state index is 0.0719. The van der Waals surface area contributed by atoms with Gasteiger partial charge in [-0.2, -0.15) is 0 Å². The summed E-state index contributed by atoms with van der Waals surface area (Å²) in [5.74, 6) is 0. The lowest BCUT2D eigenvalue weighted by atomic mass is 10.1. The Morgan fingerprint density at radius 1 is 1.12 bits per heavy atom. The molecule has 0 aliphatic carbocycles. The molecule has 0 spiro atoms. The molecule has 0 saturated heterocycles. The zero-order chi connectivity index (χ0) is 18.4. The largest absolute Gasteiger partial charge is 0.756 e. The Labute approximate surface area is 137 Å². The zero-order valence-electron chi connectivity index (χ0n) is 12.7. The predicted octanol–water partition coefficient (Wildman–Crippen LogP) is 1.29. The summed E-state index contributed by atoms with van der Waals surface area (Å²) in [6.45, 7) is -0.519. The van der Waals surface area contributed by atoms with E-state index in [0.29, 0.717) is 0 Å². The number of benzene rings is 1. The molecule has 0 saturated carbocycles. The first-order valence-electron chi connectivity index (χ1n) is 6.41. The molecule has 136 valence electrons. The molecule has 11 nitrogen and oxygen atoms in total. The van der Waals surface area contributed by atoms with E-state index in [0.717, 1.165) is 20.3 Å². The van der Waals surface area contributed by atoms with Crippen LogP contribution >= 0.6 is 15.6 Å². The summed E-state index contributed by atoms with van der Waals surface area (Å²) in [6.07, 6.45) is -1.71. The van der Waals surface area contributed by atoms with E-state index in [-0.39, 0.29) is 12.0 Å². The van der Waals surface area contributed by atoms with E-state index in [2.05, 4.69) is 13.6 Å². The molecule has 3 unspecified atom stereocenters. The number of phosphoric ester groups is 2. The van der Waals surface area contributed by atoms with Crippen LogP contribution in [0.25, 0.3) is 0 Å². The van der Waals surface area contributed by atoms with Crippen LogP contribution in [0.1, 0.15) is 18.1 Å². The van der Waals surface area contributed by atoms with Crippen LogP contribution in [0.2, 0.25) is 0 Å². The Morgan fingerprint density at radius 2 is 1.71 bits per heavy atom. The first-order chi connectivity index (χ1) is 11.1. The standard InChI is InChI=1S/C11H17NO10P2/c1-19-23(15,16)21-8-7-11(22-24(17,18)20-2)9-5-3-4-6-10(9)12(13)14/h3-6,11H,7-8H2,1-2H3,(H,15,16)(H,17,18)/p-2. The lowest BCUT2D eigenvalue weighted by Gasteiger charge is -2.28. The number of nitrogens with zero attached hydrogens (tertiary/aromatic N) is 1. The van der Waals surface area contributed by atoms with Gasteiger partial charge in [-0.15, -0.1) is 0 Å². The second-order valence-corrected chi connectivity index (χ2v) is 7.28. The number of rotatable bonds is 10. The molecule has 0 N–H and O–H groups in total. The molecule has 24 heavy (non-hydrogen) atoms. The molecule has 0 aliphatic heterocycles. The van der Waals surface area contributed by atoms with E-state index in [1.165, 1.54) is 18.2 Å². The van der Waals surface area contributed by atoms with Gasteiger partial charge in [0.25, 0.3) is 21.3 Å². The van der Waals surface area contributed by atoms with Crippen LogP contribution in [0.5, 0.6) is 0 Å². The van der Waals surface area contributed by atoms with Crippen molar-refractivity contribution >= 4 is 21.3 Å². The van der Waals surface area contributed by atoms with Crippen molar-refractivity contribution in [3.05, 3.63) is 39.9 Å².